The largest absolute Gasteiger partial charge is 0.494 e. The molecule has 1 amide bonds. The fraction of sp³-hybridized carbons (Fsp3) is 0.250. The number of H-pyrrole nitrogens is 1. The third-order valence-corrected chi connectivity index (χ3v) is 5.13. The first-order valence-corrected chi connectivity index (χ1v) is 10.1. The van der Waals surface area contributed by atoms with Crippen molar-refractivity contribution >= 4 is 16.8 Å². The van der Waals surface area contributed by atoms with E-state index in [9.17, 15) is 9.18 Å². The standard InChI is InChI=1S/C24H24FN3O3/c1-4-30-18-7-5-6-16(11-18)24-21(20-12-17(25)8-9-22(20)26-24)13-23(29)28(3)14-19-10-15(2)27-31-19/h5-12,26H,4,13-14H2,1-3H3. The predicted molar refractivity (Wildman–Crippen MR) is 116 cm³/mol. The van der Waals surface area contributed by atoms with E-state index in [0.29, 0.717) is 24.3 Å². The van der Waals surface area contributed by atoms with Crippen molar-refractivity contribution in [2.75, 3.05) is 13.7 Å². The van der Waals surface area contributed by atoms with Crippen molar-refractivity contribution in [2.24, 2.45) is 0 Å². The summed E-state index contributed by atoms with van der Waals surface area (Å²) >= 11 is 0. The van der Waals surface area contributed by atoms with E-state index >= 15 is 0 Å². The predicted octanol–water partition coefficient (Wildman–Crippen LogP) is 4.87. The molecule has 0 aliphatic heterocycles. The molecule has 1 N–H and O–H groups in total. The van der Waals surface area contributed by atoms with Crippen LogP contribution in [0.15, 0.2) is 53.1 Å². The average Bonchev–Trinajstić information content (AvgIpc) is 3.31. The van der Waals surface area contributed by atoms with E-state index < -0.39 is 0 Å². The number of benzene rings is 2. The Morgan fingerprint density at radius 3 is 2.81 bits per heavy atom. The van der Waals surface area contributed by atoms with E-state index in [0.717, 1.165) is 33.8 Å². The van der Waals surface area contributed by atoms with Crippen LogP contribution in [0.2, 0.25) is 0 Å². The van der Waals surface area contributed by atoms with Gasteiger partial charge in [0.15, 0.2) is 5.76 Å². The number of nitrogens with one attached hydrogen (secondary N) is 1. The molecule has 2 aromatic heterocycles. The quantitative estimate of drug-likeness (QED) is 0.462. The van der Waals surface area contributed by atoms with E-state index in [1.807, 2.05) is 38.1 Å². The number of hydrogen-bond acceptors (Lipinski definition) is 4. The van der Waals surface area contributed by atoms with Gasteiger partial charge in [-0.15, -0.1) is 0 Å². The van der Waals surface area contributed by atoms with Crippen LogP contribution in [0.1, 0.15) is 23.9 Å². The summed E-state index contributed by atoms with van der Waals surface area (Å²) in [6.45, 7) is 4.62. The lowest BCUT2D eigenvalue weighted by Gasteiger charge is -2.16. The van der Waals surface area contributed by atoms with E-state index in [1.165, 1.54) is 12.1 Å². The Kier molecular flexibility index (Phi) is 5.75. The highest BCUT2D eigenvalue weighted by atomic mass is 19.1. The van der Waals surface area contributed by atoms with Crippen molar-refractivity contribution in [3.8, 4) is 17.0 Å². The van der Waals surface area contributed by atoms with Crippen molar-refractivity contribution in [3.05, 3.63) is 71.4 Å². The van der Waals surface area contributed by atoms with Gasteiger partial charge in [0.1, 0.15) is 11.6 Å². The molecule has 0 bridgehead atoms. The third-order valence-electron chi connectivity index (χ3n) is 5.13. The summed E-state index contributed by atoms with van der Waals surface area (Å²) in [7, 11) is 1.71. The first-order chi connectivity index (χ1) is 14.9. The molecule has 0 radical (unpaired) electrons. The van der Waals surface area contributed by atoms with Crippen molar-refractivity contribution in [2.45, 2.75) is 26.8 Å². The van der Waals surface area contributed by atoms with Crippen LogP contribution in [0, 0.1) is 12.7 Å². The second-order valence-electron chi connectivity index (χ2n) is 7.49. The smallest absolute Gasteiger partial charge is 0.227 e. The zero-order valence-corrected chi connectivity index (χ0v) is 17.7. The maximum absolute atomic E-state index is 14.0. The summed E-state index contributed by atoms with van der Waals surface area (Å²) < 4.78 is 24.9. The molecule has 6 nitrogen and oxygen atoms in total. The number of aromatic amines is 1. The van der Waals surface area contributed by atoms with Gasteiger partial charge >= 0.3 is 0 Å². The fourth-order valence-electron chi connectivity index (χ4n) is 3.66. The SMILES string of the molecule is CCOc1cccc(-c2[nH]c3ccc(F)cc3c2CC(=O)N(C)Cc2cc(C)no2)c1. The summed E-state index contributed by atoms with van der Waals surface area (Å²) in [4.78, 5) is 18.0. The maximum atomic E-state index is 14.0. The summed E-state index contributed by atoms with van der Waals surface area (Å²) in [5.74, 6) is 0.893. The number of carbonyl (C=O) groups excluding carboxylic acids is 1. The molecule has 4 aromatic rings. The van der Waals surface area contributed by atoms with Crippen molar-refractivity contribution < 1.29 is 18.4 Å². The van der Waals surface area contributed by atoms with Gasteiger partial charge in [-0.25, -0.2) is 4.39 Å². The Morgan fingerprint density at radius 2 is 2.06 bits per heavy atom. The molecule has 0 saturated heterocycles. The summed E-state index contributed by atoms with van der Waals surface area (Å²) in [5, 5.41) is 4.55. The van der Waals surface area contributed by atoms with Crippen LogP contribution in [-0.2, 0) is 17.8 Å². The first kappa shape index (κ1) is 20.7. The molecule has 4 rings (SSSR count). The lowest BCUT2D eigenvalue weighted by molar-refractivity contribution is -0.129. The van der Waals surface area contributed by atoms with Gasteiger partial charge in [-0.2, -0.15) is 0 Å². The van der Waals surface area contributed by atoms with Gasteiger partial charge in [0.25, 0.3) is 0 Å². The monoisotopic (exact) mass is 421 g/mol. The topological polar surface area (TPSA) is 71.4 Å². The number of ether oxygens (including phenoxy) is 1. The van der Waals surface area contributed by atoms with Gasteiger partial charge < -0.3 is 19.1 Å². The van der Waals surface area contributed by atoms with Crippen molar-refractivity contribution in [1.82, 2.24) is 15.0 Å². The number of halogens is 1. The van der Waals surface area contributed by atoms with Gasteiger partial charge in [-0.05, 0) is 49.7 Å². The maximum Gasteiger partial charge on any atom is 0.227 e. The van der Waals surface area contributed by atoms with Crippen LogP contribution >= 0.6 is 0 Å². The van der Waals surface area contributed by atoms with Gasteiger partial charge in [0, 0.05) is 29.6 Å². The van der Waals surface area contributed by atoms with Crippen LogP contribution < -0.4 is 4.74 Å². The molecule has 0 spiro atoms. The highest BCUT2D eigenvalue weighted by molar-refractivity contribution is 5.95. The number of aryl methyl sites for hydroxylation is 1. The molecule has 7 heteroatoms. The van der Waals surface area contributed by atoms with Crippen LogP contribution in [0.3, 0.4) is 0 Å². The molecule has 0 saturated carbocycles. The number of nitrogens with zero attached hydrogens (tertiary/aromatic N) is 2. The van der Waals surface area contributed by atoms with Crippen molar-refractivity contribution in [1.29, 1.82) is 0 Å². The van der Waals surface area contributed by atoms with Gasteiger partial charge in [-0.1, -0.05) is 17.3 Å². The Balaban J connectivity index is 1.70. The molecule has 2 aromatic carbocycles. The molecular formula is C24H24FN3O3. The van der Waals surface area contributed by atoms with E-state index in [1.54, 1.807) is 24.1 Å². The number of amides is 1. The van der Waals surface area contributed by atoms with Crippen LogP contribution in [-0.4, -0.2) is 34.6 Å². The average molecular weight is 421 g/mol. The van der Waals surface area contributed by atoms with Gasteiger partial charge in [0.2, 0.25) is 5.91 Å². The molecule has 160 valence electrons. The van der Waals surface area contributed by atoms with Crippen LogP contribution in [0.4, 0.5) is 4.39 Å². The molecule has 0 fully saturated rings. The number of likely N-dealkylation sites (N-methyl/N-ethyl adjacent to an activating group) is 1. The minimum absolute atomic E-state index is 0.110. The highest BCUT2D eigenvalue weighted by Gasteiger charge is 2.20. The molecule has 0 unspecified atom stereocenters. The van der Waals surface area contributed by atoms with Gasteiger partial charge in [0.05, 0.1) is 31.0 Å². The minimum Gasteiger partial charge on any atom is -0.494 e. The summed E-state index contributed by atoms with van der Waals surface area (Å²) in [5.41, 5.74) is 3.93. The Bertz CT molecular complexity index is 1230. The Labute approximate surface area is 179 Å². The first-order valence-electron chi connectivity index (χ1n) is 10.1. The number of fused-ring (bicyclic) bond motifs is 1. The molecule has 0 aliphatic carbocycles. The third kappa shape index (κ3) is 4.45. The molecule has 2 heterocycles. The Hall–Kier alpha value is -3.61. The second kappa shape index (κ2) is 8.63. The number of rotatable bonds is 7. The lowest BCUT2D eigenvalue weighted by Crippen LogP contribution is -2.27. The highest BCUT2D eigenvalue weighted by Crippen LogP contribution is 2.33. The van der Waals surface area contributed by atoms with E-state index in [4.69, 9.17) is 9.26 Å². The number of carbonyl (C=O) groups is 1. The van der Waals surface area contributed by atoms with Crippen LogP contribution in [0.25, 0.3) is 22.2 Å². The zero-order valence-electron chi connectivity index (χ0n) is 17.7. The zero-order chi connectivity index (χ0) is 22.0. The second-order valence-corrected chi connectivity index (χ2v) is 7.49. The number of aromatic nitrogens is 2. The number of hydrogen-bond donors (Lipinski definition) is 1. The van der Waals surface area contributed by atoms with Crippen molar-refractivity contribution in [3.63, 3.8) is 0 Å². The van der Waals surface area contributed by atoms with E-state index in [-0.39, 0.29) is 18.1 Å². The molecule has 0 aliphatic rings. The summed E-state index contributed by atoms with van der Waals surface area (Å²) in [6.07, 6.45) is 0.112. The molecular weight excluding hydrogens is 397 g/mol. The van der Waals surface area contributed by atoms with Gasteiger partial charge in [-0.3, -0.25) is 4.79 Å². The normalized spacial score (nSPS) is 11.1. The van der Waals surface area contributed by atoms with Crippen LogP contribution in [0.5, 0.6) is 5.75 Å². The summed E-state index contributed by atoms with van der Waals surface area (Å²) in [6, 6.07) is 14.0. The lowest BCUT2D eigenvalue weighted by atomic mass is 10.0. The molecule has 31 heavy (non-hydrogen) atoms. The van der Waals surface area contributed by atoms with E-state index in [2.05, 4.69) is 10.1 Å². The minimum atomic E-state index is -0.347. The molecule has 0 atom stereocenters. The fourth-order valence-corrected chi connectivity index (χ4v) is 3.66. The Morgan fingerprint density at radius 1 is 1.23 bits per heavy atom.